The molecule has 0 N–H and O–H groups in total. The fraction of sp³-hybridized carbons (Fsp3) is 0.250. The maximum atomic E-state index is 10.9. The van der Waals surface area contributed by atoms with Gasteiger partial charge in [-0.2, -0.15) is 0 Å². The number of halogens is 2. The standard InChI is InChI=1S/C8H7BrClNO2/c1-13-7(12)4-6-8(10)5(9)2-3-11-6/h2-3H,4H2,1H3. The number of carbonyl (C=O) groups excluding carboxylic acids is 1. The average molecular weight is 265 g/mol. The Kier molecular flexibility index (Phi) is 3.69. The summed E-state index contributed by atoms with van der Waals surface area (Å²) in [5, 5.41) is 0.452. The Morgan fingerprint density at radius 3 is 3.08 bits per heavy atom. The maximum absolute atomic E-state index is 10.9. The summed E-state index contributed by atoms with van der Waals surface area (Å²) in [5.41, 5.74) is 0.517. The fourth-order valence-corrected chi connectivity index (χ4v) is 1.32. The van der Waals surface area contributed by atoms with Crippen molar-refractivity contribution in [2.75, 3.05) is 7.11 Å². The normalized spacial score (nSPS) is 9.77. The van der Waals surface area contributed by atoms with Gasteiger partial charge in [-0.1, -0.05) is 11.6 Å². The first-order valence-electron chi connectivity index (χ1n) is 3.51. The molecule has 3 nitrogen and oxygen atoms in total. The third-order valence-electron chi connectivity index (χ3n) is 1.45. The molecule has 0 aliphatic carbocycles. The predicted molar refractivity (Wildman–Crippen MR) is 52.7 cm³/mol. The first kappa shape index (κ1) is 10.5. The summed E-state index contributed by atoms with van der Waals surface area (Å²) in [6, 6.07) is 1.71. The van der Waals surface area contributed by atoms with E-state index in [1.54, 1.807) is 12.3 Å². The van der Waals surface area contributed by atoms with Crippen LogP contribution in [0.4, 0.5) is 0 Å². The van der Waals surface area contributed by atoms with Gasteiger partial charge >= 0.3 is 5.97 Å². The second kappa shape index (κ2) is 4.58. The van der Waals surface area contributed by atoms with Crippen LogP contribution in [-0.2, 0) is 16.0 Å². The predicted octanol–water partition coefficient (Wildman–Crippen LogP) is 2.21. The van der Waals surface area contributed by atoms with E-state index in [4.69, 9.17) is 11.6 Å². The van der Waals surface area contributed by atoms with Crippen molar-refractivity contribution >= 4 is 33.5 Å². The van der Waals surface area contributed by atoms with Crippen molar-refractivity contribution in [1.82, 2.24) is 4.98 Å². The quantitative estimate of drug-likeness (QED) is 0.769. The molecule has 0 amide bonds. The summed E-state index contributed by atoms with van der Waals surface area (Å²) < 4.78 is 5.22. The summed E-state index contributed by atoms with van der Waals surface area (Å²) in [5.74, 6) is -0.354. The number of carbonyl (C=O) groups is 1. The highest BCUT2D eigenvalue weighted by molar-refractivity contribution is 9.10. The Balaban J connectivity index is 2.89. The number of hydrogen-bond donors (Lipinski definition) is 0. The van der Waals surface area contributed by atoms with Crippen LogP contribution >= 0.6 is 27.5 Å². The molecule has 0 saturated carbocycles. The lowest BCUT2D eigenvalue weighted by Crippen LogP contribution is -2.06. The molecule has 0 radical (unpaired) electrons. The van der Waals surface area contributed by atoms with Crippen molar-refractivity contribution in [3.63, 3.8) is 0 Å². The molecule has 0 aromatic carbocycles. The smallest absolute Gasteiger partial charge is 0.311 e. The van der Waals surface area contributed by atoms with Gasteiger partial charge in [0.2, 0.25) is 0 Å². The Morgan fingerprint density at radius 2 is 2.46 bits per heavy atom. The third kappa shape index (κ3) is 2.67. The SMILES string of the molecule is COC(=O)Cc1nccc(Br)c1Cl. The molecule has 13 heavy (non-hydrogen) atoms. The van der Waals surface area contributed by atoms with Crippen LogP contribution in [-0.4, -0.2) is 18.1 Å². The van der Waals surface area contributed by atoms with Gasteiger partial charge in [0, 0.05) is 10.7 Å². The molecular formula is C8H7BrClNO2. The van der Waals surface area contributed by atoms with E-state index in [0.717, 1.165) is 4.47 Å². The maximum Gasteiger partial charge on any atom is 0.311 e. The molecule has 0 spiro atoms. The summed E-state index contributed by atoms with van der Waals surface area (Å²) in [6.45, 7) is 0. The van der Waals surface area contributed by atoms with Crippen molar-refractivity contribution in [3.05, 3.63) is 27.5 Å². The molecule has 5 heteroatoms. The summed E-state index contributed by atoms with van der Waals surface area (Å²) >= 11 is 9.11. The van der Waals surface area contributed by atoms with Crippen LogP contribution in [0, 0.1) is 0 Å². The fourth-order valence-electron chi connectivity index (χ4n) is 0.792. The van der Waals surface area contributed by atoms with E-state index in [0.29, 0.717) is 10.7 Å². The lowest BCUT2D eigenvalue weighted by Gasteiger charge is -2.02. The zero-order chi connectivity index (χ0) is 9.84. The second-order valence-electron chi connectivity index (χ2n) is 2.31. The van der Waals surface area contributed by atoms with E-state index in [-0.39, 0.29) is 12.4 Å². The van der Waals surface area contributed by atoms with Gasteiger partial charge in [0.25, 0.3) is 0 Å². The van der Waals surface area contributed by atoms with E-state index >= 15 is 0 Å². The van der Waals surface area contributed by atoms with Crippen molar-refractivity contribution in [1.29, 1.82) is 0 Å². The second-order valence-corrected chi connectivity index (χ2v) is 3.54. The van der Waals surface area contributed by atoms with Gasteiger partial charge in [0.1, 0.15) is 0 Å². The van der Waals surface area contributed by atoms with Crippen molar-refractivity contribution in [2.24, 2.45) is 0 Å². The van der Waals surface area contributed by atoms with Crippen LogP contribution in [0.1, 0.15) is 5.69 Å². The van der Waals surface area contributed by atoms with E-state index < -0.39 is 0 Å². The van der Waals surface area contributed by atoms with Gasteiger partial charge in [-0.25, -0.2) is 0 Å². The molecule has 0 aliphatic heterocycles. The number of esters is 1. The highest BCUT2D eigenvalue weighted by atomic mass is 79.9. The minimum absolute atomic E-state index is 0.0920. The number of aromatic nitrogens is 1. The molecule has 0 aliphatic rings. The minimum Gasteiger partial charge on any atom is -0.469 e. The first-order valence-corrected chi connectivity index (χ1v) is 4.68. The monoisotopic (exact) mass is 263 g/mol. The molecule has 1 aromatic rings. The Hall–Kier alpha value is -0.610. The number of rotatable bonds is 2. The van der Waals surface area contributed by atoms with E-state index in [1.807, 2.05) is 0 Å². The summed E-state index contributed by atoms with van der Waals surface area (Å²) in [4.78, 5) is 14.9. The molecule has 0 saturated heterocycles. The van der Waals surface area contributed by atoms with Crippen molar-refractivity contribution < 1.29 is 9.53 Å². The van der Waals surface area contributed by atoms with Crippen LogP contribution in [0.3, 0.4) is 0 Å². The molecule has 1 heterocycles. The molecule has 0 atom stereocenters. The number of pyridine rings is 1. The molecule has 0 bridgehead atoms. The molecule has 0 unspecified atom stereocenters. The number of methoxy groups -OCH3 is 1. The number of ether oxygens (including phenoxy) is 1. The topological polar surface area (TPSA) is 39.2 Å². The zero-order valence-corrected chi connectivity index (χ0v) is 9.22. The van der Waals surface area contributed by atoms with Crippen LogP contribution in [0.2, 0.25) is 5.02 Å². The molecule has 0 fully saturated rings. The summed E-state index contributed by atoms with van der Waals surface area (Å²) in [6.07, 6.45) is 1.67. The Labute approximate surface area is 89.2 Å². The molecule has 1 rings (SSSR count). The van der Waals surface area contributed by atoms with Crippen molar-refractivity contribution in [3.8, 4) is 0 Å². The highest BCUT2D eigenvalue weighted by Gasteiger charge is 2.10. The van der Waals surface area contributed by atoms with Gasteiger partial charge in [0.15, 0.2) is 0 Å². The van der Waals surface area contributed by atoms with Crippen LogP contribution in [0.25, 0.3) is 0 Å². The zero-order valence-electron chi connectivity index (χ0n) is 6.88. The first-order chi connectivity index (χ1) is 6.15. The summed E-state index contributed by atoms with van der Waals surface area (Å²) in [7, 11) is 1.33. The largest absolute Gasteiger partial charge is 0.469 e. The van der Waals surface area contributed by atoms with Crippen LogP contribution < -0.4 is 0 Å². The minimum atomic E-state index is -0.354. The van der Waals surface area contributed by atoms with Gasteiger partial charge < -0.3 is 4.74 Å². The molecular weight excluding hydrogens is 257 g/mol. The Morgan fingerprint density at radius 1 is 1.77 bits per heavy atom. The lowest BCUT2D eigenvalue weighted by atomic mass is 10.3. The molecule has 1 aromatic heterocycles. The van der Waals surface area contributed by atoms with Crippen molar-refractivity contribution in [2.45, 2.75) is 6.42 Å². The van der Waals surface area contributed by atoms with Gasteiger partial charge in [0.05, 0.1) is 24.2 Å². The van der Waals surface area contributed by atoms with Gasteiger partial charge in [-0.3, -0.25) is 9.78 Å². The lowest BCUT2D eigenvalue weighted by molar-refractivity contribution is -0.139. The molecule has 70 valence electrons. The third-order valence-corrected chi connectivity index (χ3v) is 2.76. The van der Waals surface area contributed by atoms with Gasteiger partial charge in [-0.05, 0) is 22.0 Å². The Bertz CT molecular complexity index is 330. The van der Waals surface area contributed by atoms with Crippen LogP contribution in [0.5, 0.6) is 0 Å². The highest BCUT2D eigenvalue weighted by Crippen LogP contribution is 2.24. The van der Waals surface area contributed by atoms with E-state index in [1.165, 1.54) is 7.11 Å². The number of nitrogens with zero attached hydrogens (tertiary/aromatic N) is 1. The average Bonchev–Trinajstić information content (AvgIpc) is 2.13. The van der Waals surface area contributed by atoms with Crippen LogP contribution in [0.15, 0.2) is 16.7 Å². The number of hydrogen-bond acceptors (Lipinski definition) is 3. The van der Waals surface area contributed by atoms with E-state index in [9.17, 15) is 4.79 Å². The van der Waals surface area contributed by atoms with Gasteiger partial charge in [-0.15, -0.1) is 0 Å². The van der Waals surface area contributed by atoms with E-state index in [2.05, 4.69) is 25.7 Å².